The van der Waals surface area contributed by atoms with Crippen molar-refractivity contribution in [3.63, 3.8) is 0 Å². The first-order valence-electron chi connectivity index (χ1n) is 9.33. The van der Waals surface area contributed by atoms with Crippen molar-refractivity contribution in [3.05, 3.63) is 45.1 Å². The zero-order chi connectivity index (χ0) is 22.1. The highest BCUT2D eigenvalue weighted by Gasteiger charge is 2.31. The van der Waals surface area contributed by atoms with Crippen LogP contribution in [0.15, 0.2) is 29.2 Å². The highest BCUT2D eigenvalue weighted by Crippen LogP contribution is 2.31. The standard InChI is InChI=1S/C20H21N3O5S2/c1-12-4-3-7-23(11-12)30(27,28)18-9-17(29-13(18)2)19(24)22-16-6-5-14(10-21)8-15(16)20(25)26/h5-6,8-9,12H,3-4,7,11H2,1-2H3,(H,22,24)(H,25,26). The number of rotatable bonds is 5. The van der Waals surface area contributed by atoms with E-state index in [4.69, 9.17) is 5.26 Å². The van der Waals surface area contributed by atoms with Crippen LogP contribution in [0.4, 0.5) is 5.69 Å². The largest absolute Gasteiger partial charge is 0.478 e. The first-order chi connectivity index (χ1) is 14.1. The molecule has 1 aliphatic heterocycles. The third-order valence-corrected chi connectivity index (χ3v) is 8.13. The van der Waals surface area contributed by atoms with Gasteiger partial charge in [0.25, 0.3) is 5.91 Å². The second-order valence-corrected chi connectivity index (χ2v) is 10.4. The van der Waals surface area contributed by atoms with E-state index < -0.39 is 21.9 Å². The van der Waals surface area contributed by atoms with E-state index in [2.05, 4.69) is 5.32 Å². The fraction of sp³-hybridized carbons (Fsp3) is 0.350. The molecule has 2 aromatic rings. The van der Waals surface area contributed by atoms with E-state index in [-0.39, 0.29) is 32.5 Å². The number of aromatic carboxylic acids is 1. The first kappa shape index (κ1) is 22.0. The van der Waals surface area contributed by atoms with Gasteiger partial charge in [0.05, 0.1) is 32.7 Å². The molecule has 3 rings (SSSR count). The predicted molar refractivity (Wildman–Crippen MR) is 112 cm³/mol. The number of carboxylic acids is 1. The molecule has 0 bridgehead atoms. The van der Waals surface area contributed by atoms with Gasteiger partial charge in [0, 0.05) is 18.0 Å². The molecule has 1 aromatic heterocycles. The molecule has 10 heteroatoms. The average Bonchev–Trinajstić information content (AvgIpc) is 3.10. The number of anilines is 1. The maximum absolute atomic E-state index is 13.1. The second kappa shape index (κ2) is 8.55. The molecule has 1 unspecified atom stereocenters. The third kappa shape index (κ3) is 4.38. The molecule has 158 valence electrons. The lowest BCUT2D eigenvalue weighted by Crippen LogP contribution is -2.39. The molecule has 1 fully saturated rings. The van der Waals surface area contributed by atoms with Crippen LogP contribution >= 0.6 is 11.3 Å². The highest BCUT2D eigenvalue weighted by atomic mass is 32.2. The van der Waals surface area contributed by atoms with Gasteiger partial charge < -0.3 is 10.4 Å². The van der Waals surface area contributed by atoms with E-state index in [0.29, 0.717) is 18.0 Å². The molecule has 1 amide bonds. The van der Waals surface area contributed by atoms with Gasteiger partial charge in [0.15, 0.2) is 0 Å². The van der Waals surface area contributed by atoms with Crippen LogP contribution in [-0.4, -0.2) is 42.8 Å². The van der Waals surface area contributed by atoms with Crippen molar-refractivity contribution in [2.24, 2.45) is 5.92 Å². The van der Waals surface area contributed by atoms with E-state index in [9.17, 15) is 23.1 Å². The Balaban J connectivity index is 1.88. The smallest absolute Gasteiger partial charge is 0.337 e. The molecule has 30 heavy (non-hydrogen) atoms. The van der Waals surface area contributed by atoms with Crippen molar-refractivity contribution in [2.45, 2.75) is 31.6 Å². The third-order valence-electron chi connectivity index (χ3n) is 4.96. The number of sulfonamides is 1. The average molecular weight is 448 g/mol. The first-order valence-corrected chi connectivity index (χ1v) is 11.6. The minimum atomic E-state index is -3.71. The molecular formula is C20H21N3O5S2. The van der Waals surface area contributed by atoms with E-state index in [1.54, 1.807) is 6.92 Å². The number of benzene rings is 1. The number of carbonyl (C=O) groups excluding carboxylic acids is 1. The maximum atomic E-state index is 13.1. The van der Waals surface area contributed by atoms with Crippen LogP contribution in [-0.2, 0) is 10.0 Å². The molecule has 1 saturated heterocycles. The Labute approximate surface area is 178 Å². The summed E-state index contributed by atoms with van der Waals surface area (Å²) in [6, 6.07) is 7.10. The molecule has 1 atom stereocenters. The lowest BCUT2D eigenvalue weighted by Gasteiger charge is -2.29. The molecule has 0 radical (unpaired) electrons. The Morgan fingerprint density at radius 2 is 2.07 bits per heavy atom. The predicted octanol–water partition coefficient (Wildman–Crippen LogP) is 3.30. The van der Waals surface area contributed by atoms with Crippen molar-refractivity contribution in [1.82, 2.24) is 4.31 Å². The number of aryl methyl sites for hydroxylation is 1. The number of amides is 1. The Morgan fingerprint density at radius 3 is 2.70 bits per heavy atom. The molecule has 1 aliphatic rings. The summed E-state index contributed by atoms with van der Waals surface area (Å²) in [5, 5.41) is 20.8. The number of hydrogen-bond acceptors (Lipinski definition) is 6. The van der Waals surface area contributed by atoms with E-state index in [1.807, 2.05) is 13.0 Å². The van der Waals surface area contributed by atoms with Gasteiger partial charge in [-0.3, -0.25) is 4.79 Å². The highest BCUT2D eigenvalue weighted by molar-refractivity contribution is 7.89. The van der Waals surface area contributed by atoms with Gasteiger partial charge in [-0.25, -0.2) is 13.2 Å². The minimum absolute atomic E-state index is 0.0341. The van der Waals surface area contributed by atoms with Gasteiger partial charge in [-0.1, -0.05) is 6.92 Å². The zero-order valence-electron chi connectivity index (χ0n) is 16.5. The number of nitrogens with zero attached hydrogens (tertiary/aromatic N) is 2. The molecule has 0 aliphatic carbocycles. The monoisotopic (exact) mass is 447 g/mol. The lowest BCUT2D eigenvalue weighted by molar-refractivity contribution is 0.0698. The summed E-state index contributed by atoms with van der Waals surface area (Å²) >= 11 is 1.04. The van der Waals surface area contributed by atoms with Crippen LogP contribution in [0.2, 0.25) is 0 Å². The van der Waals surface area contributed by atoms with Gasteiger partial charge in [-0.05, 0) is 49.9 Å². The number of nitriles is 1. The van der Waals surface area contributed by atoms with Gasteiger partial charge in [-0.15, -0.1) is 11.3 Å². The van der Waals surface area contributed by atoms with E-state index in [0.717, 1.165) is 24.2 Å². The van der Waals surface area contributed by atoms with Gasteiger partial charge in [0.1, 0.15) is 0 Å². The summed E-state index contributed by atoms with van der Waals surface area (Å²) in [6.07, 6.45) is 1.78. The van der Waals surface area contributed by atoms with E-state index in [1.165, 1.54) is 28.6 Å². The van der Waals surface area contributed by atoms with Crippen molar-refractivity contribution in [1.29, 1.82) is 5.26 Å². The van der Waals surface area contributed by atoms with Gasteiger partial charge in [-0.2, -0.15) is 9.57 Å². The summed E-state index contributed by atoms with van der Waals surface area (Å²) in [4.78, 5) is 24.9. The normalized spacial score (nSPS) is 17.3. The Hall–Kier alpha value is -2.74. The molecule has 8 nitrogen and oxygen atoms in total. The van der Waals surface area contributed by atoms with Crippen molar-refractivity contribution in [2.75, 3.05) is 18.4 Å². The van der Waals surface area contributed by atoms with E-state index >= 15 is 0 Å². The van der Waals surface area contributed by atoms with Crippen molar-refractivity contribution >= 4 is 38.9 Å². The molecule has 1 aromatic carbocycles. The quantitative estimate of drug-likeness (QED) is 0.724. The number of hydrogen-bond donors (Lipinski definition) is 2. The molecule has 0 saturated carbocycles. The van der Waals surface area contributed by atoms with Crippen molar-refractivity contribution < 1.29 is 23.1 Å². The molecule has 2 N–H and O–H groups in total. The number of piperidine rings is 1. The van der Waals surface area contributed by atoms with Crippen LogP contribution < -0.4 is 5.32 Å². The fourth-order valence-electron chi connectivity index (χ4n) is 3.42. The van der Waals surface area contributed by atoms with Crippen molar-refractivity contribution in [3.8, 4) is 6.07 Å². The Kier molecular flexibility index (Phi) is 6.26. The maximum Gasteiger partial charge on any atom is 0.337 e. The summed E-state index contributed by atoms with van der Waals surface area (Å²) in [5.41, 5.74) is -0.0286. The number of thiophene rings is 1. The van der Waals surface area contributed by atoms with Crippen LogP contribution in [0.5, 0.6) is 0 Å². The summed E-state index contributed by atoms with van der Waals surface area (Å²) in [6.45, 7) is 4.56. The van der Waals surface area contributed by atoms with Crippen LogP contribution in [0.25, 0.3) is 0 Å². The second-order valence-electron chi connectivity index (χ2n) is 7.27. The molecule has 0 spiro atoms. The number of nitrogens with one attached hydrogen (secondary N) is 1. The Morgan fingerprint density at radius 1 is 1.33 bits per heavy atom. The van der Waals surface area contributed by atoms with Crippen LogP contribution in [0.3, 0.4) is 0 Å². The Bertz CT molecular complexity index is 1150. The summed E-state index contributed by atoms with van der Waals surface area (Å²) < 4.78 is 27.6. The summed E-state index contributed by atoms with van der Waals surface area (Å²) in [7, 11) is -3.71. The lowest BCUT2D eigenvalue weighted by atomic mass is 10.0. The zero-order valence-corrected chi connectivity index (χ0v) is 18.1. The molecular weight excluding hydrogens is 426 g/mol. The van der Waals surface area contributed by atoms with Crippen LogP contribution in [0.1, 0.15) is 50.2 Å². The topological polar surface area (TPSA) is 128 Å². The van der Waals surface area contributed by atoms with Crippen LogP contribution in [0, 0.1) is 24.2 Å². The van der Waals surface area contributed by atoms with Gasteiger partial charge in [0.2, 0.25) is 10.0 Å². The summed E-state index contributed by atoms with van der Waals surface area (Å²) in [5.74, 6) is -1.61. The fourth-order valence-corrected chi connectivity index (χ4v) is 6.47. The number of carbonyl (C=O) groups is 2. The number of carboxylic acid groups (broad SMARTS) is 1. The molecule has 2 heterocycles. The minimum Gasteiger partial charge on any atom is -0.478 e. The SMILES string of the molecule is Cc1sc(C(=O)Nc2ccc(C#N)cc2C(=O)O)cc1S(=O)(=O)N1CCCC(C)C1. The van der Waals surface area contributed by atoms with Gasteiger partial charge >= 0.3 is 5.97 Å².